The molecule has 2 fully saturated rings. The zero-order valence-corrected chi connectivity index (χ0v) is 21.0. The maximum absolute atomic E-state index is 13.0. The molecule has 2 aliphatic heterocycles. The smallest absolute Gasteiger partial charge is 0.293 e. The first kappa shape index (κ1) is 24.0. The van der Waals surface area contributed by atoms with Gasteiger partial charge in [-0.1, -0.05) is 51.5 Å². The lowest BCUT2D eigenvalue weighted by atomic mass is 9.76. The number of allylic oxidation sites excluding steroid dienone is 3. The van der Waals surface area contributed by atoms with Crippen molar-refractivity contribution in [3.05, 3.63) is 58.7 Å². The van der Waals surface area contributed by atoms with Gasteiger partial charge in [-0.15, -0.1) is 4.99 Å². The number of nitrogens with zero attached hydrogens (tertiary/aromatic N) is 3. The largest absolute Gasteiger partial charge is 0.379 e. The second kappa shape index (κ2) is 9.72. The molecule has 2 heterocycles. The first-order valence-electron chi connectivity index (χ1n) is 13.0. The van der Waals surface area contributed by atoms with E-state index >= 15 is 0 Å². The molecule has 4 aliphatic rings. The molecule has 0 atom stereocenters. The second-order valence-corrected chi connectivity index (χ2v) is 11.1. The molecule has 0 spiro atoms. The monoisotopic (exact) mass is 472 g/mol. The molecule has 1 saturated heterocycles. The summed E-state index contributed by atoms with van der Waals surface area (Å²) in [6, 6.07) is 6.69. The highest BCUT2D eigenvalue weighted by Gasteiger charge is 2.42. The van der Waals surface area contributed by atoms with Crippen molar-refractivity contribution in [1.29, 1.82) is 0 Å². The number of benzene rings is 1. The number of anilines is 1. The number of ether oxygens (including phenoxy) is 1. The Kier molecular flexibility index (Phi) is 6.65. The fraction of sp³-hybridized carbons (Fsp3) is 0.552. The SMILES string of the molecule is [C-]#[N+]C1=CCC(C(=O)Nc2ccc(C3(N4CCOCC4)CCCC3)cc2C2=CCC(C)(C)CC2)=N1. The number of morpholine rings is 1. The molecule has 1 aromatic carbocycles. The van der Waals surface area contributed by atoms with Crippen molar-refractivity contribution in [3.8, 4) is 0 Å². The van der Waals surface area contributed by atoms with Crippen molar-refractivity contribution in [3.63, 3.8) is 0 Å². The number of nitrogens with one attached hydrogen (secondary N) is 1. The third kappa shape index (κ3) is 4.85. The number of carbonyl (C=O) groups is 1. The van der Waals surface area contributed by atoms with E-state index in [1.165, 1.54) is 36.8 Å². The van der Waals surface area contributed by atoms with Crippen LogP contribution in [-0.4, -0.2) is 42.8 Å². The third-order valence-corrected chi connectivity index (χ3v) is 8.27. The third-order valence-electron chi connectivity index (χ3n) is 8.27. The summed E-state index contributed by atoms with van der Waals surface area (Å²) in [5, 5.41) is 3.14. The van der Waals surface area contributed by atoms with E-state index in [0.29, 0.717) is 23.4 Å². The molecule has 1 aromatic rings. The van der Waals surface area contributed by atoms with Crippen molar-refractivity contribution in [2.45, 2.75) is 70.8 Å². The van der Waals surface area contributed by atoms with E-state index < -0.39 is 0 Å². The molecule has 0 radical (unpaired) electrons. The van der Waals surface area contributed by atoms with E-state index in [1.54, 1.807) is 6.08 Å². The number of aliphatic imine (C=N–C) groups is 1. The molecule has 35 heavy (non-hydrogen) atoms. The van der Waals surface area contributed by atoms with Crippen molar-refractivity contribution in [1.82, 2.24) is 4.90 Å². The first-order chi connectivity index (χ1) is 16.9. The fourth-order valence-corrected chi connectivity index (χ4v) is 6.09. The summed E-state index contributed by atoms with van der Waals surface area (Å²) < 4.78 is 5.67. The first-order valence-corrected chi connectivity index (χ1v) is 13.0. The van der Waals surface area contributed by atoms with Gasteiger partial charge < -0.3 is 14.9 Å². The Morgan fingerprint density at radius 3 is 2.57 bits per heavy atom. The van der Waals surface area contributed by atoms with Gasteiger partial charge >= 0.3 is 0 Å². The topological polar surface area (TPSA) is 58.3 Å². The number of hydrogen-bond donors (Lipinski definition) is 1. The lowest BCUT2D eigenvalue weighted by Gasteiger charge is -2.44. The van der Waals surface area contributed by atoms with Gasteiger partial charge in [-0.05, 0) is 60.8 Å². The van der Waals surface area contributed by atoms with Crippen LogP contribution in [-0.2, 0) is 15.1 Å². The Morgan fingerprint density at radius 2 is 1.91 bits per heavy atom. The van der Waals surface area contributed by atoms with Crippen LogP contribution in [0.4, 0.5) is 5.69 Å². The summed E-state index contributed by atoms with van der Waals surface area (Å²) in [5.41, 5.74) is 5.45. The average molecular weight is 473 g/mol. The van der Waals surface area contributed by atoms with E-state index in [0.717, 1.165) is 56.8 Å². The molecule has 0 unspecified atom stereocenters. The van der Waals surface area contributed by atoms with Crippen LogP contribution in [0.15, 0.2) is 41.2 Å². The van der Waals surface area contributed by atoms with E-state index in [1.807, 2.05) is 0 Å². The minimum atomic E-state index is -0.214. The molecule has 1 N–H and O–H groups in total. The zero-order chi connectivity index (χ0) is 24.5. The zero-order valence-electron chi connectivity index (χ0n) is 21.0. The maximum Gasteiger partial charge on any atom is 0.293 e. The number of hydrogen-bond acceptors (Lipinski definition) is 4. The molecular formula is C29H36N4O2. The van der Waals surface area contributed by atoms with E-state index in [2.05, 4.69) is 58.2 Å². The van der Waals surface area contributed by atoms with Crippen molar-refractivity contribution >= 4 is 22.9 Å². The second-order valence-electron chi connectivity index (χ2n) is 11.1. The standard InChI is InChI=1S/C29H36N4O2/c1-28(2)14-10-21(11-15-28)23-20-22(29(12-4-5-13-29)33-16-18-35-19-17-33)6-7-24(23)32-27(34)25-8-9-26(30-3)31-25/h6-7,9-10,20H,4-5,8,11-19H2,1-2H3,(H,32,34). The van der Waals surface area contributed by atoms with Crippen LogP contribution in [0.3, 0.4) is 0 Å². The highest BCUT2D eigenvalue weighted by atomic mass is 16.5. The van der Waals surface area contributed by atoms with Crippen molar-refractivity contribution in [2.75, 3.05) is 31.6 Å². The van der Waals surface area contributed by atoms with E-state index in [4.69, 9.17) is 11.3 Å². The van der Waals surface area contributed by atoms with Crippen LogP contribution < -0.4 is 5.32 Å². The van der Waals surface area contributed by atoms with Crippen LogP contribution in [0.5, 0.6) is 0 Å². The summed E-state index contributed by atoms with van der Waals surface area (Å²) in [4.78, 5) is 23.2. The Bertz CT molecular complexity index is 1130. The van der Waals surface area contributed by atoms with Gasteiger partial charge in [-0.25, -0.2) is 0 Å². The highest BCUT2D eigenvalue weighted by molar-refractivity contribution is 6.44. The summed E-state index contributed by atoms with van der Waals surface area (Å²) >= 11 is 0. The Hall–Kier alpha value is -2.75. The van der Waals surface area contributed by atoms with Gasteiger partial charge in [-0.3, -0.25) is 9.69 Å². The van der Waals surface area contributed by atoms with Gasteiger partial charge in [0.25, 0.3) is 11.7 Å². The molecule has 2 aliphatic carbocycles. The summed E-state index contributed by atoms with van der Waals surface area (Å²) in [5.74, 6) is 0.0889. The predicted octanol–water partition coefficient (Wildman–Crippen LogP) is 5.93. The molecule has 0 aromatic heterocycles. The molecule has 6 nitrogen and oxygen atoms in total. The van der Waals surface area contributed by atoms with Crippen LogP contribution in [0.1, 0.15) is 76.3 Å². The summed E-state index contributed by atoms with van der Waals surface area (Å²) in [7, 11) is 0. The molecule has 1 amide bonds. The van der Waals surface area contributed by atoms with Gasteiger partial charge in [0.2, 0.25) is 0 Å². The highest BCUT2D eigenvalue weighted by Crippen LogP contribution is 2.47. The Morgan fingerprint density at radius 1 is 1.14 bits per heavy atom. The fourth-order valence-electron chi connectivity index (χ4n) is 6.09. The molecule has 1 saturated carbocycles. The molecule has 5 rings (SSSR count). The molecule has 184 valence electrons. The van der Waals surface area contributed by atoms with Crippen LogP contribution in [0.25, 0.3) is 10.4 Å². The Labute approximate surface area is 209 Å². The van der Waals surface area contributed by atoms with Gasteiger partial charge in [0.15, 0.2) is 5.71 Å². The predicted molar refractivity (Wildman–Crippen MR) is 140 cm³/mol. The molecular weight excluding hydrogens is 436 g/mol. The van der Waals surface area contributed by atoms with E-state index in [-0.39, 0.29) is 11.4 Å². The lowest BCUT2D eigenvalue weighted by Crippen LogP contribution is -2.50. The van der Waals surface area contributed by atoms with Crippen LogP contribution >= 0.6 is 0 Å². The molecule has 0 bridgehead atoms. The molecule has 6 heteroatoms. The van der Waals surface area contributed by atoms with Crippen molar-refractivity contribution < 1.29 is 9.53 Å². The van der Waals surface area contributed by atoms with Crippen molar-refractivity contribution in [2.24, 2.45) is 10.4 Å². The van der Waals surface area contributed by atoms with Crippen LogP contribution in [0.2, 0.25) is 0 Å². The number of rotatable bonds is 5. The summed E-state index contributed by atoms with van der Waals surface area (Å²) in [6.07, 6.45) is 12.5. The van der Waals surface area contributed by atoms with Gasteiger partial charge in [0.05, 0.1) is 13.2 Å². The maximum atomic E-state index is 13.0. The van der Waals surface area contributed by atoms with Gasteiger partial charge in [0, 0.05) is 36.3 Å². The number of carbonyl (C=O) groups excluding carboxylic acids is 1. The Balaban J connectivity index is 1.51. The number of amides is 1. The summed E-state index contributed by atoms with van der Waals surface area (Å²) in [6.45, 7) is 15.3. The van der Waals surface area contributed by atoms with Gasteiger partial charge in [0.1, 0.15) is 0 Å². The van der Waals surface area contributed by atoms with Crippen LogP contribution in [0, 0.1) is 12.0 Å². The normalized spacial score (nSPS) is 23.7. The average Bonchev–Trinajstić information content (AvgIpc) is 3.56. The van der Waals surface area contributed by atoms with E-state index in [9.17, 15) is 4.79 Å². The minimum absolute atomic E-state index is 0.0551. The van der Waals surface area contributed by atoms with Gasteiger partial charge in [-0.2, -0.15) is 0 Å². The minimum Gasteiger partial charge on any atom is -0.379 e. The lowest BCUT2D eigenvalue weighted by molar-refractivity contribution is -0.110. The quantitative estimate of drug-likeness (QED) is 0.541.